The number of para-hydroxylation sites is 2. The van der Waals surface area contributed by atoms with E-state index in [0.29, 0.717) is 11.4 Å². The number of hydrogen-bond donors (Lipinski definition) is 1. The molecule has 26 heavy (non-hydrogen) atoms. The smallest absolute Gasteiger partial charge is 0.238 e. The van der Waals surface area contributed by atoms with Crippen molar-refractivity contribution in [3.63, 3.8) is 0 Å². The molecule has 1 unspecified atom stereocenters. The molecule has 5 nitrogen and oxygen atoms in total. The van der Waals surface area contributed by atoms with Gasteiger partial charge in [-0.1, -0.05) is 22.9 Å². The monoisotopic (exact) mass is 340 g/mol. The summed E-state index contributed by atoms with van der Waals surface area (Å²) < 4.78 is 1.85. The second-order valence-electron chi connectivity index (χ2n) is 6.40. The maximum atomic E-state index is 9.56. The molecule has 0 amide bonds. The zero-order valence-corrected chi connectivity index (χ0v) is 14.6. The van der Waals surface area contributed by atoms with Crippen LogP contribution in [-0.4, -0.2) is 27.1 Å². The topological polar surface area (TPSA) is 67.8 Å². The van der Waals surface area contributed by atoms with Crippen molar-refractivity contribution in [2.75, 3.05) is 0 Å². The Morgan fingerprint density at radius 3 is 2.81 bits per heavy atom. The van der Waals surface area contributed by atoms with Gasteiger partial charge in [-0.2, -0.15) is 5.26 Å². The number of benzene rings is 2. The number of nitrogens with one attached hydrogen (secondary N) is 1. The molecule has 2 aromatic carbocycles. The highest BCUT2D eigenvalue weighted by atomic mass is 15.4. The lowest BCUT2D eigenvalue weighted by molar-refractivity contribution is -0.437. The van der Waals surface area contributed by atoms with Gasteiger partial charge in [-0.05, 0) is 48.3 Å². The molecule has 0 saturated heterocycles. The number of allylic oxidation sites excluding steroid dienone is 2. The Morgan fingerprint density at radius 1 is 1.19 bits per heavy atom. The highest BCUT2D eigenvalue weighted by Crippen LogP contribution is 2.21. The number of aromatic amines is 1. The number of aryl methyl sites for hydroxylation is 2. The molecule has 1 N–H and O–H groups in total. The average molecular weight is 340 g/mol. The maximum Gasteiger partial charge on any atom is 0.238 e. The molecule has 0 aliphatic carbocycles. The molecule has 4 rings (SSSR count). The molecule has 1 aromatic heterocycles. The Kier molecular flexibility index (Phi) is 3.94. The minimum absolute atomic E-state index is 0.0560. The summed E-state index contributed by atoms with van der Waals surface area (Å²) in [6.07, 6.45) is 5.70. The molecule has 126 valence electrons. The predicted molar refractivity (Wildman–Crippen MR) is 104 cm³/mol. The van der Waals surface area contributed by atoms with Gasteiger partial charge in [0.1, 0.15) is 17.8 Å². The normalized spacial score (nSPS) is 16.7. The molecule has 0 bridgehead atoms. The van der Waals surface area contributed by atoms with Crippen LogP contribution < -0.4 is 0 Å². The van der Waals surface area contributed by atoms with E-state index in [1.54, 1.807) is 0 Å². The van der Waals surface area contributed by atoms with Gasteiger partial charge in [0.05, 0.1) is 22.8 Å². The lowest BCUT2D eigenvalue weighted by Crippen LogP contribution is -2.01. The number of hydrogen-bond acceptors (Lipinski definition) is 3. The number of imidazole rings is 1. The van der Waals surface area contributed by atoms with Gasteiger partial charge in [-0.25, -0.2) is 4.98 Å². The van der Waals surface area contributed by atoms with Crippen LogP contribution in [-0.2, 0) is 0 Å². The number of rotatable bonds is 3. The van der Waals surface area contributed by atoms with Crippen molar-refractivity contribution in [1.82, 2.24) is 9.97 Å². The predicted octanol–water partition coefficient (Wildman–Crippen LogP) is 4.12. The molecule has 0 fully saturated rings. The molecular formula is C21H18N5+. The van der Waals surface area contributed by atoms with Crippen molar-refractivity contribution in [2.24, 2.45) is 11.0 Å². The van der Waals surface area contributed by atoms with Crippen LogP contribution in [0.1, 0.15) is 17.0 Å². The van der Waals surface area contributed by atoms with Crippen LogP contribution in [0.25, 0.3) is 16.6 Å². The molecule has 1 atom stereocenters. The first-order valence-corrected chi connectivity index (χ1v) is 8.46. The van der Waals surface area contributed by atoms with Gasteiger partial charge in [-0.15, -0.1) is 0 Å². The second-order valence-corrected chi connectivity index (χ2v) is 6.40. The summed E-state index contributed by atoms with van der Waals surface area (Å²) in [4.78, 5) is 7.71. The van der Waals surface area contributed by atoms with E-state index in [4.69, 9.17) is 0 Å². The first-order valence-electron chi connectivity index (χ1n) is 8.46. The Hall–Kier alpha value is -3.52. The minimum atomic E-state index is -0.0560. The van der Waals surface area contributed by atoms with Gasteiger partial charge in [0.25, 0.3) is 0 Å². The van der Waals surface area contributed by atoms with Crippen molar-refractivity contribution in [3.8, 4) is 6.07 Å². The summed E-state index contributed by atoms with van der Waals surface area (Å²) in [5.74, 6) is 0.527. The molecule has 0 radical (unpaired) electrons. The Balaban J connectivity index is 1.64. The standard InChI is InChI=1S/C21H18N5/c1-14-7-8-18(9-15(14)2)26-13-16(12-23-26)10-17(11-22)21-24-19-5-3-4-6-20(19)25-21/h3-10,12-13,16H,1-2H3,(H,24,25)/q+1/b17-10+. The minimum Gasteiger partial charge on any atom is -0.337 e. The molecule has 5 heteroatoms. The summed E-state index contributed by atoms with van der Waals surface area (Å²) in [5, 5.41) is 14.0. The van der Waals surface area contributed by atoms with Crippen LogP contribution in [0.15, 0.2) is 53.6 Å². The lowest BCUT2D eigenvalue weighted by Gasteiger charge is -1.98. The number of aromatic nitrogens is 2. The van der Waals surface area contributed by atoms with E-state index in [-0.39, 0.29) is 5.92 Å². The van der Waals surface area contributed by atoms with E-state index in [2.05, 4.69) is 47.1 Å². The van der Waals surface area contributed by atoms with Crippen LogP contribution in [0, 0.1) is 31.1 Å². The highest BCUT2D eigenvalue weighted by Gasteiger charge is 2.21. The zero-order valence-electron chi connectivity index (χ0n) is 14.6. The molecule has 0 spiro atoms. The van der Waals surface area contributed by atoms with Crippen LogP contribution in [0.4, 0.5) is 5.69 Å². The van der Waals surface area contributed by atoms with Crippen LogP contribution >= 0.6 is 0 Å². The fourth-order valence-electron chi connectivity index (χ4n) is 2.94. The van der Waals surface area contributed by atoms with Crippen molar-refractivity contribution in [1.29, 1.82) is 5.26 Å². The van der Waals surface area contributed by atoms with E-state index < -0.39 is 0 Å². The third-order valence-electron chi connectivity index (χ3n) is 4.56. The van der Waals surface area contributed by atoms with Gasteiger partial charge in [0.2, 0.25) is 5.69 Å². The zero-order chi connectivity index (χ0) is 18.1. The summed E-state index contributed by atoms with van der Waals surface area (Å²) in [6, 6.07) is 16.2. The summed E-state index contributed by atoms with van der Waals surface area (Å²) in [7, 11) is 0. The molecule has 3 aromatic rings. The number of H-pyrrole nitrogens is 1. The van der Waals surface area contributed by atoms with Gasteiger partial charge in [-0.3, -0.25) is 0 Å². The molecule has 0 saturated carbocycles. The molecule has 2 heterocycles. The number of nitrogens with zero attached hydrogens (tertiary/aromatic N) is 4. The second kappa shape index (κ2) is 6.41. The summed E-state index contributed by atoms with van der Waals surface area (Å²) in [6.45, 7) is 4.18. The van der Waals surface area contributed by atoms with E-state index in [9.17, 15) is 5.26 Å². The molecule has 1 aliphatic rings. The SMILES string of the molecule is Cc1ccc([N+]2=CC(/C=C(\C#N)c3nc4ccccc4[nH]3)C=N2)cc1C. The first kappa shape index (κ1) is 16.0. The van der Waals surface area contributed by atoms with Crippen LogP contribution in [0.2, 0.25) is 0 Å². The maximum absolute atomic E-state index is 9.56. The van der Waals surface area contributed by atoms with E-state index in [1.807, 2.05) is 53.5 Å². The number of hydrazone groups is 1. The third-order valence-corrected chi connectivity index (χ3v) is 4.56. The van der Waals surface area contributed by atoms with Gasteiger partial charge in [0.15, 0.2) is 6.21 Å². The van der Waals surface area contributed by atoms with Crippen molar-refractivity contribution < 1.29 is 4.68 Å². The first-order chi connectivity index (χ1) is 12.6. The lowest BCUT2D eigenvalue weighted by atomic mass is 10.1. The number of nitriles is 1. The van der Waals surface area contributed by atoms with E-state index in [0.717, 1.165) is 16.7 Å². The number of fused-ring (bicyclic) bond motifs is 1. The van der Waals surface area contributed by atoms with Gasteiger partial charge in [0, 0.05) is 12.1 Å². The van der Waals surface area contributed by atoms with E-state index >= 15 is 0 Å². The fourth-order valence-corrected chi connectivity index (χ4v) is 2.94. The van der Waals surface area contributed by atoms with Crippen LogP contribution in [0.3, 0.4) is 0 Å². The van der Waals surface area contributed by atoms with Crippen molar-refractivity contribution >= 4 is 34.7 Å². The van der Waals surface area contributed by atoms with Gasteiger partial charge >= 0.3 is 0 Å². The highest BCUT2D eigenvalue weighted by molar-refractivity contribution is 5.91. The largest absolute Gasteiger partial charge is 0.337 e. The third kappa shape index (κ3) is 2.93. The van der Waals surface area contributed by atoms with Crippen molar-refractivity contribution in [2.45, 2.75) is 13.8 Å². The molecular weight excluding hydrogens is 322 g/mol. The quantitative estimate of drug-likeness (QED) is 0.576. The molecule has 1 aliphatic heterocycles. The van der Waals surface area contributed by atoms with Crippen molar-refractivity contribution in [3.05, 3.63) is 65.5 Å². The summed E-state index contributed by atoms with van der Waals surface area (Å²) >= 11 is 0. The average Bonchev–Trinajstić information content (AvgIpc) is 3.28. The van der Waals surface area contributed by atoms with Crippen LogP contribution in [0.5, 0.6) is 0 Å². The van der Waals surface area contributed by atoms with E-state index in [1.165, 1.54) is 11.1 Å². The Bertz CT molecular complexity index is 1090. The fraction of sp³-hybridized carbons (Fsp3) is 0.143. The summed E-state index contributed by atoms with van der Waals surface area (Å²) in [5.41, 5.74) is 5.78. The Labute approximate surface area is 151 Å². The van der Waals surface area contributed by atoms with Gasteiger partial charge < -0.3 is 4.98 Å². The Morgan fingerprint density at radius 2 is 2.04 bits per heavy atom.